The smallest absolute Gasteiger partial charge is 0.273 e. The molecule has 2 aromatic rings. The Kier molecular flexibility index (Phi) is 5.24. The van der Waals surface area contributed by atoms with E-state index in [0.29, 0.717) is 10.8 Å². The van der Waals surface area contributed by atoms with Crippen molar-refractivity contribution < 1.29 is 4.79 Å². The highest BCUT2D eigenvalue weighted by molar-refractivity contribution is 7.14. The molecule has 0 unspecified atom stereocenters. The van der Waals surface area contributed by atoms with Crippen LogP contribution >= 0.6 is 22.7 Å². The number of allylic oxidation sites excluding steroid dienone is 1. The Hall–Kier alpha value is -1.99. The number of carbonyl (C=O) groups excluding carboxylic acids is 1. The van der Waals surface area contributed by atoms with Crippen molar-refractivity contribution in [3.63, 3.8) is 0 Å². The van der Waals surface area contributed by atoms with Crippen molar-refractivity contribution in [2.75, 3.05) is 5.32 Å². The summed E-state index contributed by atoms with van der Waals surface area (Å²) in [5, 5.41) is 11.2. The second-order valence-corrected chi connectivity index (χ2v) is 6.14. The van der Waals surface area contributed by atoms with E-state index in [2.05, 4.69) is 20.6 Å². The zero-order valence-electron chi connectivity index (χ0n) is 12.0. The summed E-state index contributed by atoms with van der Waals surface area (Å²) >= 11 is 2.99. The number of carbonyl (C=O) groups is 1. The number of nitrogens with zero attached hydrogens (tertiary/aromatic N) is 2. The fraction of sp³-hybridized carbons (Fsp3) is 0.214. The summed E-state index contributed by atoms with van der Waals surface area (Å²) in [7, 11) is 0. The molecule has 7 heteroatoms. The molecule has 0 aromatic carbocycles. The highest BCUT2D eigenvalue weighted by Crippen LogP contribution is 2.15. The van der Waals surface area contributed by atoms with Crippen molar-refractivity contribution in [3.8, 4) is 0 Å². The van der Waals surface area contributed by atoms with E-state index in [1.54, 1.807) is 30.5 Å². The van der Waals surface area contributed by atoms with Crippen LogP contribution in [0.2, 0.25) is 0 Å². The highest BCUT2D eigenvalue weighted by Gasteiger charge is 2.09. The lowest BCUT2D eigenvalue weighted by atomic mass is 10.3. The summed E-state index contributed by atoms with van der Waals surface area (Å²) < 4.78 is 0. The van der Waals surface area contributed by atoms with Crippen LogP contribution in [0, 0.1) is 13.8 Å². The summed E-state index contributed by atoms with van der Waals surface area (Å²) in [6.07, 6.45) is 5.25. The molecular formula is C14H16N4OS2. The van der Waals surface area contributed by atoms with Crippen molar-refractivity contribution >= 4 is 39.8 Å². The van der Waals surface area contributed by atoms with Gasteiger partial charge in [-0.2, -0.15) is 0 Å². The third-order valence-corrected chi connectivity index (χ3v) is 4.17. The van der Waals surface area contributed by atoms with Crippen molar-refractivity contribution in [1.29, 1.82) is 0 Å². The molecule has 0 saturated heterocycles. The summed E-state index contributed by atoms with van der Waals surface area (Å²) in [6, 6.07) is 0. The molecule has 0 atom stereocenters. The second-order valence-electron chi connectivity index (χ2n) is 4.22. The van der Waals surface area contributed by atoms with E-state index >= 15 is 0 Å². The van der Waals surface area contributed by atoms with E-state index in [-0.39, 0.29) is 5.91 Å². The lowest BCUT2D eigenvalue weighted by molar-refractivity contribution is -0.113. The molecule has 2 rings (SSSR count). The van der Waals surface area contributed by atoms with Gasteiger partial charge in [-0.25, -0.2) is 9.97 Å². The summed E-state index contributed by atoms with van der Waals surface area (Å²) in [5.41, 5.74) is 2.23. The van der Waals surface area contributed by atoms with Gasteiger partial charge in [0.1, 0.15) is 0 Å². The second kappa shape index (κ2) is 7.14. The topological polar surface area (TPSA) is 66.9 Å². The molecule has 110 valence electrons. The van der Waals surface area contributed by atoms with Crippen LogP contribution in [0.25, 0.3) is 6.08 Å². The van der Waals surface area contributed by atoms with Crippen molar-refractivity contribution in [1.82, 2.24) is 15.3 Å². The van der Waals surface area contributed by atoms with Crippen LogP contribution in [0.4, 0.5) is 5.13 Å². The number of rotatable bonds is 5. The molecule has 0 saturated carbocycles. The molecule has 0 aliphatic rings. The molecule has 0 fully saturated rings. The third-order valence-electron chi connectivity index (χ3n) is 2.50. The first-order valence-corrected chi connectivity index (χ1v) is 8.09. The maximum atomic E-state index is 12.1. The van der Waals surface area contributed by atoms with Crippen molar-refractivity contribution in [2.45, 2.75) is 20.8 Å². The number of aromatic nitrogens is 2. The predicted molar refractivity (Wildman–Crippen MR) is 88.3 cm³/mol. The molecule has 2 heterocycles. The van der Waals surface area contributed by atoms with Crippen molar-refractivity contribution in [3.05, 3.63) is 45.1 Å². The molecule has 2 N–H and O–H groups in total. The number of anilines is 1. The lowest BCUT2D eigenvalue weighted by Gasteiger charge is -2.05. The van der Waals surface area contributed by atoms with Gasteiger partial charge >= 0.3 is 0 Å². The summed E-state index contributed by atoms with van der Waals surface area (Å²) in [6.45, 7) is 5.64. The SMILES string of the molecule is C/C=C(\N/C=C/c1csc(C)n1)C(=O)Nc1nc(C)cs1. The Balaban J connectivity index is 1.93. The average Bonchev–Trinajstić information content (AvgIpc) is 3.03. The molecule has 0 bridgehead atoms. The van der Waals surface area contributed by atoms with Crippen LogP contribution in [0.5, 0.6) is 0 Å². The molecule has 21 heavy (non-hydrogen) atoms. The summed E-state index contributed by atoms with van der Waals surface area (Å²) in [5.74, 6) is -0.217. The molecule has 2 aromatic heterocycles. The number of aryl methyl sites for hydroxylation is 2. The van der Waals surface area contributed by atoms with Gasteiger partial charge in [0.15, 0.2) is 5.13 Å². The fourth-order valence-corrected chi connectivity index (χ4v) is 2.79. The number of thiazole rings is 2. The number of nitrogens with one attached hydrogen (secondary N) is 2. The van der Waals surface area contributed by atoms with E-state index in [1.807, 2.05) is 30.7 Å². The Morgan fingerprint density at radius 2 is 2.05 bits per heavy atom. The van der Waals surface area contributed by atoms with Crippen LogP contribution in [-0.2, 0) is 4.79 Å². The van der Waals surface area contributed by atoms with Gasteiger partial charge in [-0.05, 0) is 26.8 Å². The number of amides is 1. The molecule has 0 radical (unpaired) electrons. The Bertz CT molecular complexity index is 685. The van der Waals surface area contributed by atoms with E-state index in [0.717, 1.165) is 16.4 Å². The quantitative estimate of drug-likeness (QED) is 0.829. The van der Waals surface area contributed by atoms with Crippen molar-refractivity contribution in [2.24, 2.45) is 0 Å². The third kappa shape index (κ3) is 4.51. The minimum Gasteiger partial charge on any atom is -0.357 e. The Morgan fingerprint density at radius 1 is 1.24 bits per heavy atom. The standard InChI is InChI=1S/C14H16N4OS2/c1-4-12(13(19)18-14-16-9(2)7-21-14)15-6-5-11-8-20-10(3)17-11/h4-8,15H,1-3H3,(H,16,18,19)/b6-5+,12-4-. The minimum atomic E-state index is -0.217. The molecule has 0 spiro atoms. The van der Waals surface area contributed by atoms with Crippen LogP contribution in [-0.4, -0.2) is 15.9 Å². The van der Waals surface area contributed by atoms with Crippen LogP contribution in [0.3, 0.4) is 0 Å². The van der Waals surface area contributed by atoms with E-state index in [4.69, 9.17) is 0 Å². The van der Waals surface area contributed by atoms with Gasteiger partial charge in [-0.3, -0.25) is 10.1 Å². The monoisotopic (exact) mass is 320 g/mol. The molecule has 5 nitrogen and oxygen atoms in total. The average molecular weight is 320 g/mol. The zero-order chi connectivity index (χ0) is 15.2. The summed E-state index contributed by atoms with van der Waals surface area (Å²) in [4.78, 5) is 20.6. The van der Waals surface area contributed by atoms with Gasteiger partial charge < -0.3 is 5.32 Å². The van der Waals surface area contributed by atoms with E-state index in [1.165, 1.54) is 11.3 Å². The maximum Gasteiger partial charge on any atom is 0.273 e. The largest absolute Gasteiger partial charge is 0.357 e. The van der Waals surface area contributed by atoms with Gasteiger partial charge in [-0.1, -0.05) is 6.08 Å². The molecular weight excluding hydrogens is 304 g/mol. The molecule has 0 aliphatic carbocycles. The number of hydrogen-bond donors (Lipinski definition) is 2. The first-order chi connectivity index (χ1) is 10.1. The van der Waals surface area contributed by atoms with Gasteiger partial charge in [0.2, 0.25) is 0 Å². The Morgan fingerprint density at radius 3 is 2.62 bits per heavy atom. The number of hydrogen-bond acceptors (Lipinski definition) is 6. The highest BCUT2D eigenvalue weighted by atomic mass is 32.1. The predicted octanol–water partition coefficient (Wildman–Crippen LogP) is 3.32. The van der Waals surface area contributed by atoms with E-state index in [9.17, 15) is 4.79 Å². The van der Waals surface area contributed by atoms with Crippen LogP contribution in [0.15, 0.2) is 28.7 Å². The zero-order valence-corrected chi connectivity index (χ0v) is 13.6. The first kappa shape index (κ1) is 15.4. The first-order valence-electron chi connectivity index (χ1n) is 6.33. The normalized spacial score (nSPS) is 11.9. The van der Waals surface area contributed by atoms with Crippen LogP contribution < -0.4 is 10.6 Å². The van der Waals surface area contributed by atoms with Gasteiger partial charge in [0.05, 0.1) is 22.1 Å². The van der Waals surface area contributed by atoms with Gasteiger partial charge in [-0.15, -0.1) is 22.7 Å². The van der Waals surface area contributed by atoms with Gasteiger partial charge in [0.25, 0.3) is 5.91 Å². The van der Waals surface area contributed by atoms with Gasteiger partial charge in [0, 0.05) is 17.0 Å². The lowest BCUT2D eigenvalue weighted by Crippen LogP contribution is -2.22. The molecule has 0 aliphatic heterocycles. The Labute approximate surface area is 131 Å². The molecule has 1 amide bonds. The van der Waals surface area contributed by atoms with E-state index < -0.39 is 0 Å². The fourth-order valence-electron chi connectivity index (χ4n) is 1.53. The van der Waals surface area contributed by atoms with Crippen LogP contribution in [0.1, 0.15) is 23.3 Å². The minimum absolute atomic E-state index is 0.217. The maximum absolute atomic E-state index is 12.1.